The maximum absolute atomic E-state index is 13.3. The molecule has 1 aliphatic rings. The van der Waals surface area contributed by atoms with E-state index in [-0.39, 0.29) is 11.1 Å². The number of hydrogen-bond donors (Lipinski definition) is 1. The Morgan fingerprint density at radius 2 is 2.13 bits per heavy atom. The summed E-state index contributed by atoms with van der Waals surface area (Å²) < 4.78 is 39.7. The quantitative estimate of drug-likeness (QED) is 0.754. The molecule has 0 amide bonds. The summed E-state index contributed by atoms with van der Waals surface area (Å²) in [6.45, 7) is 0. The van der Waals surface area contributed by atoms with Gasteiger partial charge in [0.15, 0.2) is 0 Å². The van der Waals surface area contributed by atoms with E-state index in [0.717, 1.165) is 6.07 Å². The molecule has 1 unspecified atom stereocenters. The third kappa shape index (κ3) is 1.54. The average molecular weight is 234 g/mol. The standard InChI is InChI=1S/C10H9F3OS/c1-15-7-3-2-6(11)8-5(7)4-10(12,13)9(8)14/h2-3,9,14H,4H2,1H3. The highest BCUT2D eigenvalue weighted by Crippen LogP contribution is 2.46. The van der Waals surface area contributed by atoms with Gasteiger partial charge < -0.3 is 5.11 Å². The Kier molecular flexibility index (Phi) is 2.47. The van der Waals surface area contributed by atoms with Crippen molar-refractivity contribution < 1.29 is 18.3 Å². The van der Waals surface area contributed by atoms with Crippen LogP contribution in [-0.4, -0.2) is 17.3 Å². The third-order valence-electron chi connectivity index (χ3n) is 2.57. The van der Waals surface area contributed by atoms with Crippen LogP contribution in [0.3, 0.4) is 0 Å². The highest BCUT2D eigenvalue weighted by atomic mass is 32.2. The Balaban J connectivity index is 2.61. The van der Waals surface area contributed by atoms with Crippen molar-refractivity contribution in [3.05, 3.63) is 29.1 Å². The van der Waals surface area contributed by atoms with Crippen LogP contribution in [0.15, 0.2) is 17.0 Å². The van der Waals surface area contributed by atoms with Crippen molar-refractivity contribution in [2.75, 3.05) is 6.26 Å². The molecule has 0 bridgehead atoms. The zero-order chi connectivity index (χ0) is 11.2. The van der Waals surface area contributed by atoms with Crippen LogP contribution < -0.4 is 0 Å². The second-order valence-electron chi connectivity index (χ2n) is 3.48. The number of aliphatic hydroxyl groups is 1. The van der Waals surface area contributed by atoms with E-state index in [2.05, 4.69) is 0 Å². The lowest BCUT2D eigenvalue weighted by atomic mass is 10.1. The predicted octanol–water partition coefficient (Wildman–Crippen LogP) is 2.77. The monoisotopic (exact) mass is 234 g/mol. The number of benzene rings is 1. The van der Waals surface area contributed by atoms with Gasteiger partial charge in [0.1, 0.15) is 11.9 Å². The topological polar surface area (TPSA) is 20.2 Å². The van der Waals surface area contributed by atoms with Crippen molar-refractivity contribution in [3.63, 3.8) is 0 Å². The molecule has 0 saturated carbocycles. The Morgan fingerprint density at radius 1 is 1.47 bits per heavy atom. The molecule has 1 aromatic rings. The molecule has 1 aromatic carbocycles. The molecule has 0 radical (unpaired) electrons. The number of fused-ring (bicyclic) bond motifs is 1. The fourth-order valence-corrected chi connectivity index (χ4v) is 2.46. The lowest BCUT2D eigenvalue weighted by Gasteiger charge is -2.13. The van der Waals surface area contributed by atoms with Gasteiger partial charge in [0.2, 0.25) is 0 Å². The summed E-state index contributed by atoms with van der Waals surface area (Å²) in [6, 6.07) is 2.59. The largest absolute Gasteiger partial charge is 0.382 e. The molecule has 0 aromatic heterocycles. The highest BCUT2D eigenvalue weighted by molar-refractivity contribution is 7.98. The van der Waals surface area contributed by atoms with Gasteiger partial charge in [-0.3, -0.25) is 0 Å². The summed E-state index contributed by atoms with van der Waals surface area (Å²) in [5, 5.41) is 9.31. The summed E-state index contributed by atoms with van der Waals surface area (Å²) >= 11 is 1.27. The molecule has 1 aliphatic carbocycles. The number of aliphatic hydroxyl groups excluding tert-OH is 1. The van der Waals surface area contributed by atoms with Gasteiger partial charge in [-0.05, 0) is 24.0 Å². The Labute approximate surface area is 89.3 Å². The van der Waals surface area contributed by atoms with E-state index < -0.39 is 24.3 Å². The van der Waals surface area contributed by atoms with Crippen LogP contribution >= 0.6 is 11.8 Å². The van der Waals surface area contributed by atoms with Gasteiger partial charge in [0.25, 0.3) is 5.92 Å². The van der Waals surface area contributed by atoms with Crippen molar-refractivity contribution in [2.45, 2.75) is 23.3 Å². The first-order valence-electron chi connectivity index (χ1n) is 4.38. The van der Waals surface area contributed by atoms with E-state index in [0.29, 0.717) is 4.90 Å². The Morgan fingerprint density at radius 3 is 2.73 bits per heavy atom. The fourth-order valence-electron chi connectivity index (χ4n) is 1.83. The molecule has 0 fully saturated rings. The zero-order valence-corrected chi connectivity index (χ0v) is 8.75. The van der Waals surface area contributed by atoms with Gasteiger partial charge in [0.05, 0.1) is 0 Å². The molecule has 0 saturated heterocycles. The minimum Gasteiger partial charge on any atom is -0.382 e. The molecule has 1 N–H and O–H groups in total. The van der Waals surface area contributed by atoms with Crippen LogP contribution in [-0.2, 0) is 6.42 Å². The molecule has 0 heterocycles. The SMILES string of the molecule is CSc1ccc(F)c2c1CC(F)(F)C2O. The lowest BCUT2D eigenvalue weighted by Crippen LogP contribution is -2.21. The second kappa shape index (κ2) is 3.42. The molecular formula is C10H9F3OS. The van der Waals surface area contributed by atoms with E-state index in [4.69, 9.17) is 0 Å². The molecule has 1 atom stereocenters. The van der Waals surface area contributed by atoms with Gasteiger partial charge in [0, 0.05) is 16.9 Å². The summed E-state index contributed by atoms with van der Waals surface area (Å²) in [5.41, 5.74) is -0.00755. The van der Waals surface area contributed by atoms with Crippen LogP contribution in [0.1, 0.15) is 17.2 Å². The highest BCUT2D eigenvalue weighted by Gasteiger charge is 2.49. The number of thioether (sulfide) groups is 1. The average Bonchev–Trinajstić information content (AvgIpc) is 2.40. The molecule has 0 aliphatic heterocycles. The second-order valence-corrected chi connectivity index (χ2v) is 4.33. The van der Waals surface area contributed by atoms with E-state index in [1.807, 2.05) is 0 Å². The van der Waals surface area contributed by atoms with Gasteiger partial charge >= 0.3 is 0 Å². The van der Waals surface area contributed by atoms with E-state index in [1.165, 1.54) is 17.8 Å². The van der Waals surface area contributed by atoms with Crippen LogP contribution in [0.4, 0.5) is 13.2 Å². The summed E-state index contributed by atoms with van der Waals surface area (Å²) in [5.74, 6) is -4.01. The molecule has 2 rings (SSSR count). The molecule has 15 heavy (non-hydrogen) atoms. The zero-order valence-electron chi connectivity index (χ0n) is 7.93. The van der Waals surface area contributed by atoms with Crippen molar-refractivity contribution in [1.29, 1.82) is 0 Å². The van der Waals surface area contributed by atoms with Gasteiger partial charge in [-0.1, -0.05) is 0 Å². The first-order chi connectivity index (χ1) is 6.97. The van der Waals surface area contributed by atoms with E-state index in [1.54, 1.807) is 6.26 Å². The first kappa shape index (κ1) is 10.8. The van der Waals surface area contributed by atoms with Crippen molar-refractivity contribution in [2.24, 2.45) is 0 Å². The van der Waals surface area contributed by atoms with Crippen LogP contribution in [0.5, 0.6) is 0 Å². The van der Waals surface area contributed by atoms with Crippen molar-refractivity contribution in [3.8, 4) is 0 Å². The molecule has 0 spiro atoms. The minimum atomic E-state index is -3.25. The number of rotatable bonds is 1. The Hall–Kier alpha value is -0.680. The fraction of sp³-hybridized carbons (Fsp3) is 0.400. The summed E-state index contributed by atoms with van der Waals surface area (Å²) in [6.07, 6.45) is -0.868. The number of alkyl halides is 2. The van der Waals surface area contributed by atoms with Gasteiger partial charge in [-0.25, -0.2) is 13.2 Å². The van der Waals surface area contributed by atoms with Crippen LogP contribution in [0.25, 0.3) is 0 Å². The molecule has 82 valence electrons. The lowest BCUT2D eigenvalue weighted by molar-refractivity contribution is -0.0978. The first-order valence-corrected chi connectivity index (χ1v) is 5.61. The molecule has 1 nitrogen and oxygen atoms in total. The van der Waals surface area contributed by atoms with E-state index in [9.17, 15) is 18.3 Å². The maximum Gasteiger partial charge on any atom is 0.281 e. The van der Waals surface area contributed by atoms with Crippen molar-refractivity contribution >= 4 is 11.8 Å². The summed E-state index contributed by atoms with van der Waals surface area (Å²) in [4.78, 5) is 0.600. The van der Waals surface area contributed by atoms with Crippen LogP contribution in [0, 0.1) is 5.82 Å². The normalized spacial score (nSPS) is 22.9. The van der Waals surface area contributed by atoms with Gasteiger partial charge in [-0.15, -0.1) is 11.8 Å². The minimum absolute atomic E-state index is 0.236. The smallest absolute Gasteiger partial charge is 0.281 e. The van der Waals surface area contributed by atoms with Gasteiger partial charge in [-0.2, -0.15) is 0 Å². The summed E-state index contributed by atoms with van der Waals surface area (Å²) in [7, 11) is 0. The van der Waals surface area contributed by atoms with E-state index >= 15 is 0 Å². The third-order valence-corrected chi connectivity index (χ3v) is 3.39. The number of halogens is 3. The predicted molar refractivity (Wildman–Crippen MR) is 51.8 cm³/mol. The van der Waals surface area contributed by atoms with Crippen LogP contribution in [0.2, 0.25) is 0 Å². The molecular weight excluding hydrogens is 225 g/mol. The number of hydrogen-bond acceptors (Lipinski definition) is 2. The Bertz CT molecular complexity index is 406. The van der Waals surface area contributed by atoms with Crippen molar-refractivity contribution in [1.82, 2.24) is 0 Å². The maximum atomic E-state index is 13.3. The molecule has 5 heteroatoms.